The molecule has 1 aliphatic heterocycles. The number of hydrazone groups is 1. The Morgan fingerprint density at radius 3 is 2.46 bits per heavy atom. The van der Waals surface area contributed by atoms with Crippen LogP contribution in [-0.4, -0.2) is 36.2 Å². The van der Waals surface area contributed by atoms with Gasteiger partial charge in [-0.25, -0.2) is 5.43 Å². The fraction of sp³-hybridized carbons (Fsp3) is 0.300. The molecule has 0 aromatic heterocycles. The summed E-state index contributed by atoms with van der Waals surface area (Å²) >= 11 is 5.81. The van der Waals surface area contributed by atoms with Crippen molar-refractivity contribution in [3.63, 3.8) is 0 Å². The zero-order valence-corrected chi connectivity index (χ0v) is 15.3. The molecule has 0 saturated carbocycles. The van der Waals surface area contributed by atoms with E-state index < -0.39 is 0 Å². The molecule has 0 radical (unpaired) electrons. The number of piperidine rings is 1. The van der Waals surface area contributed by atoms with Gasteiger partial charge in [-0.2, -0.15) is 5.10 Å². The molecule has 0 bridgehead atoms. The summed E-state index contributed by atoms with van der Waals surface area (Å²) in [5.74, 6) is 0.339. The highest BCUT2D eigenvalue weighted by atomic mass is 35.5. The van der Waals surface area contributed by atoms with Crippen molar-refractivity contribution < 1.29 is 9.53 Å². The molecule has 1 aliphatic rings. The van der Waals surface area contributed by atoms with Crippen LogP contribution >= 0.6 is 11.6 Å². The van der Waals surface area contributed by atoms with Crippen LogP contribution in [0.2, 0.25) is 5.02 Å². The second-order valence-electron chi connectivity index (χ2n) is 6.22. The number of benzene rings is 2. The molecule has 0 atom stereocenters. The number of amides is 1. The molecule has 6 heteroatoms. The number of ether oxygens (including phenoxy) is 1. The van der Waals surface area contributed by atoms with Crippen LogP contribution in [0.1, 0.15) is 18.4 Å². The molecule has 1 N–H and O–H groups in total. The summed E-state index contributed by atoms with van der Waals surface area (Å²) < 4.78 is 5.40. The Morgan fingerprint density at radius 2 is 1.77 bits per heavy atom. The van der Waals surface area contributed by atoms with Crippen molar-refractivity contribution in [3.8, 4) is 5.75 Å². The van der Waals surface area contributed by atoms with Crippen molar-refractivity contribution in [3.05, 3.63) is 65.2 Å². The first-order chi connectivity index (χ1) is 12.7. The molecule has 2 aromatic rings. The van der Waals surface area contributed by atoms with Gasteiger partial charge in [0.1, 0.15) is 5.75 Å². The van der Waals surface area contributed by atoms with Gasteiger partial charge in [-0.1, -0.05) is 41.9 Å². The lowest BCUT2D eigenvalue weighted by Crippen LogP contribution is -2.35. The highest BCUT2D eigenvalue weighted by Gasteiger charge is 2.15. The van der Waals surface area contributed by atoms with E-state index in [4.69, 9.17) is 16.3 Å². The maximum atomic E-state index is 11.9. The fourth-order valence-electron chi connectivity index (χ4n) is 2.78. The number of halogens is 1. The number of likely N-dealkylation sites (tertiary alicyclic amines) is 1. The average Bonchev–Trinajstić information content (AvgIpc) is 2.68. The van der Waals surface area contributed by atoms with E-state index in [1.807, 2.05) is 6.07 Å². The lowest BCUT2D eigenvalue weighted by atomic mass is 10.1. The van der Waals surface area contributed by atoms with Gasteiger partial charge in [-0.05, 0) is 29.8 Å². The van der Waals surface area contributed by atoms with Crippen LogP contribution in [0.5, 0.6) is 5.75 Å². The van der Waals surface area contributed by atoms with Gasteiger partial charge in [0.25, 0.3) is 5.91 Å². The number of nitrogens with one attached hydrogen (secondary N) is 1. The lowest BCUT2D eigenvalue weighted by molar-refractivity contribution is -0.123. The van der Waals surface area contributed by atoms with Crippen LogP contribution in [0.25, 0.3) is 0 Å². The molecule has 3 rings (SSSR count). The third kappa shape index (κ3) is 5.86. The van der Waals surface area contributed by atoms with E-state index in [-0.39, 0.29) is 12.5 Å². The molecule has 0 aliphatic carbocycles. The Labute approximate surface area is 158 Å². The van der Waals surface area contributed by atoms with Gasteiger partial charge in [0.15, 0.2) is 6.61 Å². The molecular formula is C20H22ClN3O2. The summed E-state index contributed by atoms with van der Waals surface area (Å²) in [6, 6.07) is 17.3. The molecule has 1 heterocycles. The molecule has 1 saturated heterocycles. The fourth-order valence-corrected chi connectivity index (χ4v) is 2.90. The minimum atomic E-state index is -0.265. The van der Waals surface area contributed by atoms with Crippen LogP contribution in [-0.2, 0) is 11.3 Å². The maximum Gasteiger partial charge on any atom is 0.277 e. The first kappa shape index (κ1) is 18.4. The number of carbonyl (C=O) groups is 1. The molecule has 0 spiro atoms. The number of hydrogen-bond acceptors (Lipinski definition) is 4. The first-order valence-electron chi connectivity index (χ1n) is 8.68. The van der Waals surface area contributed by atoms with Crippen LogP contribution in [0.3, 0.4) is 0 Å². The zero-order chi connectivity index (χ0) is 18.2. The van der Waals surface area contributed by atoms with Crippen molar-refractivity contribution in [1.29, 1.82) is 0 Å². The third-order valence-electron chi connectivity index (χ3n) is 4.20. The van der Waals surface area contributed by atoms with Gasteiger partial charge in [-0.15, -0.1) is 0 Å². The lowest BCUT2D eigenvalue weighted by Gasteiger charge is -2.27. The smallest absolute Gasteiger partial charge is 0.277 e. The second-order valence-corrected chi connectivity index (χ2v) is 6.65. The van der Waals surface area contributed by atoms with Gasteiger partial charge in [0, 0.05) is 43.2 Å². The third-order valence-corrected chi connectivity index (χ3v) is 4.46. The second kappa shape index (κ2) is 9.36. The maximum absolute atomic E-state index is 11.9. The topological polar surface area (TPSA) is 53.9 Å². The van der Waals surface area contributed by atoms with Crippen LogP contribution in [0.4, 0.5) is 0 Å². The minimum absolute atomic E-state index is 0.0709. The van der Waals surface area contributed by atoms with Crippen LogP contribution in [0.15, 0.2) is 59.7 Å². The summed E-state index contributed by atoms with van der Waals surface area (Å²) in [6.07, 6.45) is 1.73. The van der Waals surface area contributed by atoms with Gasteiger partial charge in [0.2, 0.25) is 0 Å². The molecule has 26 heavy (non-hydrogen) atoms. The van der Waals surface area contributed by atoms with Crippen LogP contribution < -0.4 is 10.2 Å². The zero-order valence-electron chi connectivity index (χ0n) is 14.5. The Balaban J connectivity index is 1.38. The largest absolute Gasteiger partial charge is 0.484 e. The van der Waals surface area contributed by atoms with Crippen LogP contribution in [0, 0.1) is 0 Å². The van der Waals surface area contributed by atoms with Crippen molar-refractivity contribution >= 4 is 23.2 Å². The van der Waals surface area contributed by atoms with E-state index >= 15 is 0 Å². The van der Waals surface area contributed by atoms with Crippen molar-refractivity contribution in [2.24, 2.45) is 5.10 Å². The van der Waals surface area contributed by atoms with Crippen molar-refractivity contribution in [2.45, 2.75) is 19.4 Å². The molecule has 1 fully saturated rings. The molecule has 2 aromatic carbocycles. The Kier molecular flexibility index (Phi) is 6.63. The Hall–Kier alpha value is -2.37. The monoisotopic (exact) mass is 371 g/mol. The molecule has 0 unspecified atom stereocenters. The van der Waals surface area contributed by atoms with E-state index in [1.165, 1.54) is 5.56 Å². The van der Waals surface area contributed by atoms with E-state index in [2.05, 4.69) is 39.7 Å². The van der Waals surface area contributed by atoms with E-state index in [0.717, 1.165) is 38.2 Å². The summed E-state index contributed by atoms with van der Waals surface area (Å²) in [7, 11) is 0. The minimum Gasteiger partial charge on any atom is -0.484 e. The summed E-state index contributed by atoms with van der Waals surface area (Å²) in [6.45, 7) is 2.78. The predicted molar refractivity (Wildman–Crippen MR) is 103 cm³/mol. The standard InChI is InChI=1S/C20H22ClN3O2/c21-17-6-8-19(9-7-17)26-15-20(25)23-22-18-10-12-24(13-11-18)14-16-4-2-1-3-5-16/h1-9H,10-15H2,(H,23,25). The quantitative estimate of drug-likeness (QED) is 0.791. The normalized spacial score (nSPS) is 14.7. The number of rotatable bonds is 6. The van der Waals surface area contributed by atoms with Gasteiger partial charge in [0.05, 0.1) is 0 Å². The number of nitrogens with zero attached hydrogens (tertiary/aromatic N) is 2. The van der Waals surface area contributed by atoms with Crippen molar-refractivity contribution in [2.75, 3.05) is 19.7 Å². The van der Waals surface area contributed by atoms with Gasteiger partial charge in [-0.3, -0.25) is 9.69 Å². The molecular weight excluding hydrogens is 350 g/mol. The Morgan fingerprint density at radius 1 is 1.08 bits per heavy atom. The highest BCUT2D eigenvalue weighted by molar-refractivity contribution is 6.30. The van der Waals surface area contributed by atoms with Crippen molar-refractivity contribution in [1.82, 2.24) is 10.3 Å². The molecule has 5 nitrogen and oxygen atoms in total. The van der Waals surface area contributed by atoms with Gasteiger partial charge >= 0.3 is 0 Å². The molecule has 136 valence electrons. The SMILES string of the molecule is O=C(COc1ccc(Cl)cc1)NN=C1CCN(Cc2ccccc2)CC1. The highest BCUT2D eigenvalue weighted by Crippen LogP contribution is 2.15. The Bertz CT molecular complexity index is 737. The van der Waals surface area contributed by atoms with E-state index in [1.54, 1.807) is 24.3 Å². The van der Waals surface area contributed by atoms with E-state index in [9.17, 15) is 4.79 Å². The summed E-state index contributed by atoms with van der Waals surface area (Å²) in [4.78, 5) is 14.3. The summed E-state index contributed by atoms with van der Waals surface area (Å²) in [5, 5.41) is 4.87. The van der Waals surface area contributed by atoms with E-state index in [0.29, 0.717) is 10.8 Å². The first-order valence-corrected chi connectivity index (χ1v) is 9.06. The van der Waals surface area contributed by atoms with Gasteiger partial charge < -0.3 is 4.74 Å². The number of carbonyl (C=O) groups excluding carboxylic acids is 1. The number of hydrogen-bond donors (Lipinski definition) is 1. The predicted octanol–water partition coefficient (Wildman–Crippen LogP) is 3.49. The molecule has 1 amide bonds. The average molecular weight is 372 g/mol. The summed E-state index contributed by atoms with van der Waals surface area (Å²) in [5.41, 5.74) is 4.92.